The molecule has 27 heavy (non-hydrogen) atoms. The number of carbonyl (C=O) groups is 3. The molecule has 1 aliphatic heterocycles. The van der Waals surface area contributed by atoms with Gasteiger partial charge in [0.2, 0.25) is 11.1 Å². The molecule has 1 fully saturated rings. The number of tetrazole rings is 1. The van der Waals surface area contributed by atoms with Crippen molar-refractivity contribution in [1.82, 2.24) is 35.4 Å². The van der Waals surface area contributed by atoms with Crippen molar-refractivity contribution in [2.75, 3.05) is 18.8 Å². The van der Waals surface area contributed by atoms with Crippen molar-refractivity contribution in [2.24, 2.45) is 7.05 Å². The van der Waals surface area contributed by atoms with E-state index in [2.05, 4.69) is 25.8 Å². The van der Waals surface area contributed by atoms with Gasteiger partial charge in [-0.1, -0.05) is 17.8 Å². The smallest absolute Gasteiger partial charge is 0.293 e. The van der Waals surface area contributed by atoms with Gasteiger partial charge in [-0.15, -0.1) is 5.10 Å². The number of nitrogens with one attached hydrogen (secondary N) is 1. The highest BCUT2D eigenvalue weighted by molar-refractivity contribution is 8.18. The molecule has 12 heteroatoms. The molecule has 0 saturated carbocycles. The molecule has 0 aromatic carbocycles. The van der Waals surface area contributed by atoms with Crippen LogP contribution in [0.1, 0.15) is 5.56 Å². The van der Waals surface area contributed by atoms with Gasteiger partial charge in [0.15, 0.2) is 0 Å². The topological polar surface area (TPSA) is 123 Å². The minimum absolute atomic E-state index is 0.108. The zero-order valence-corrected chi connectivity index (χ0v) is 15.9. The molecule has 1 saturated heterocycles. The molecule has 0 unspecified atom stereocenters. The molecular formula is C15H15N7O3S2. The van der Waals surface area contributed by atoms with Crippen molar-refractivity contribution in [2.45, 2.75) is 5.16 Å². The van der Waals surface area contributed by atoms with Crippen LogP contribution in [0.4, 0.5) is 4.79 Å². The molecule has 0 spiro atoms. The summed E-state index contributed by atoms with van der Waals surface area (Å²) < 4.78 is 1.47. The van der Waals surface area contributed by atoms with Crippen molar-refractivity contribution in [1.29, 1.82) is 0 Å². The van der Waals surface area contributed by atoms with Gasteiger partial charge in [0.1, 0.15) is 0 Å². The predicted molar refractivity (Wildman–Crippen MR) is 99.4 cm³/mol. The second kappa shape index (κ2) is 8.77. The van der Waals surface area contributed by atoms with Gasteiger partial charge in [-0.25, -0.2) is 4.68 Å². The number of amides is 3. The van der Waals surface area contributed by atoms with Crippen LogP contribution in [0.2, 0.25) is 0 Å². The van der Waals surface area contributed by atoms with E-state index in [1.165, 1.54) is 16.4 Å². The fourth-order valence-corrected chi connectivity index (χ4v) is 3.68. The lowest BCUT2D eigenvalue weighted by molar-refractivity contribution is -0.123. The maximum Gasteiger partial charge on any atom is 0.293 e. The molecular weight excluding hydrogens is 390 g/mol. The summed E-state index contributed by atoms with van der Waals surface area (Å²) in [5.41, 5.74) is 0.742. The van der Waals surface area contributed by atoms with E-state index >= 15 is 0 Å². The molecule has 3 heterocycles. The van der Waals surface area contributed by atoms with E-state index in [0.717, 1.165) is 22.2 Å². The Labute approximate surface area is 162 Å². The van der Waals surface area contributed by atoms with Crippen molar-refractivity contribution in [3.05, 3.63) is 35.0 Å². The van der Waals surface area contributed by atoms with Crippen LogP contribution < -0.4 is 5.32 Å². The number of pyridine rings is 1. The maximum atomic E-state index is 12.4. The number of carbonyl (C=O) groups excluding carboxylic acids is 3. The number of aryl methyl sites for hydroxylation is 1. The molecule has 140 valence electrons. The van der Waals surface area contributed by atoms with Crippen molar-refractivity contribution >= 4 is 46.7 Å². The van der Waals surface area contributed by atoms with E-state index in [0.29, 0.717) is 10.1 Å². The molecule has 3 amide bonds. The van der Waals surface area contributed by atoms with Crippen LogP contribution in [0, 0.1) is 0 Å². The van der Waals surface area contributed by atoms with Gasteiger partial charge in [0.25, 0.3) is 11.1 Å². The van der Waals surface area contributed by atoms with E-state index in [9.17, 15) is 14.4 Å². The number of nitrogens with zero attached hydrogens (tertiary/aromatic N) is 6. The van der Waals surface area contributed by atoms with Crippen LogP contribution in [0.25, 0.3) is 6.08 Å². The first-order valence-electron chi connectivity index (χ1n) is 7.82. The molecule has 0 bridgehead atoms. The van der Waals surface area contributed by atoms with Crippen LogP contribution in [0.5, 0.6) is 0 Å². The second-order valence-electron chi connectivity index (χ2n) is 5.34. The Morgan fingerprint density at radius 2 is 2.26 bits per heavy atom. The lowest BCUT2D eigenvalue weighted by Crippen LogP contribution is -2.37. The Hall–Kier alpha value is -2.73. The summed E-state index contributed by atoms with van der Waals surface area (Å²) in [6.45, 7) is 0.283. The van der Waals surface area contributed by atoms with Gasteiger partial charge in [-0.05, 0) is 39.9 Å². The zero-order chi connectivity index (χ0) is 19.2. The minimum atomic E-state index is -0.373. The zero-order valence-electron chi connectivity index (χ0n) is 14.2. The number of imide groups is 1. The summed E-state index contributed by atoms with van der Waals surface area (Å²) in [4.78, 5) is 41.7. The van der Waals surface area contributed by atoms with E-state index in [4.69, 9.17) is 0 Å². The first-order valence-corrected chi connectivity index (χ1v) is 9.62. The lowest BCUT2D eigenvalue weighted by atomic mass is 10.2. The summed E-state index contributed by atoms with van der Waals surface area (Å²) >= 11 is 2.07. The molecule has 1 aliphatic rings. The monoisotopic (exact) mass is 405 g/mol. The molecule has 2 aromatic heterocycles. The molecule has 0 aliphatic carbocycles. The Bertz CT molecular complexity index is 885. The number of hydrogen-bond donors (Lipinski definition) is 1. The number of rotatable bonds is 7. The first-order chi connectivity index (χ1) is 13.0. The lowest BCUT2D eigenvalue weighted by Gasteiger charge is -2.12. The molecule has 1 N–H and O–H groups in total. The summed E-state index contributed by atoms with van der Waals surface area (Å²) in [7, 11) is 1.68. The standard InChI is InChI=1S/C15H15N7O3S2/c1-21-14(18-19-20-21)26-9-12(23)17-5-6-22-13(24)11(27-15(22)25)7-10-3-2-4-16-8-10/h2-4,7-8H,5-6,9H2,1H3,(H,17,23)/b11-7-. The Kier molecular flexibility index (Phi) is 6.19. The van der Waals surface area contributed by atoms with Crippen molar-refractivity contribution in [3.63, 3.8) is 0 Å². The van der Waals surface area contributed by atoms with E-state index in [1.54, 1.807) is 37.7 Å². The summed E-state index contributed by atoms with van der Waals surface area (Å²) in [6, 6.07) is 3.55. The van der Waals surface area contributed by atoms with Gasteiger partial charge < -0.3 is 5.32 Å². The first kappa shape index (κ1) is 19.0. The van der Waals surface area contributed by atoms with E-state index in [1.807, 2.05) is 0 Å². The molecule has 0 atom stereocenters. The Morgan fingerprint density at radius 3 is 2.96 bits per heavy atom. The third kappa shape index (κ3) is 4.92. The van der Waals surface area contributed by atoms with Gasteiger partial charge in [-0.3, -0.25) is 24.3 Å². The molecule has 10 nitrogen and oxygen atoms in total. The summed E-state index contributed by atoms with van der Waals surface area (Å²) in [5, 5.41) is 13.8. The van der Waals surface area contributed by atoms with Crippen LogP contribution in [-0.2, 0) is 16.6 Å². The van der Waals surface area contributed by atoms with Gasteiger partial charge >= 0.3 is 0 Å². The third-order valence-corrected chi connectivity index (χ3v) is 5.34. The largest absolute Gasteiger partial charge is 0.354 e. The molecule has 2 aromatic rings. The fourth-order valence-electron chi connectivity index (χ4n) is 2.14. The average Bonchev–Trinajstić information content (AvgIpc) is 3.18. The Balaban J connectivity index is 1.47. The number of hydrogen-bond acceptors (Lipinski definition) is 9. The highest BCUT2D eigenvalue weighted by Gasteiger charge is 2.34. The van der Waals surface area contributed by atoms with Crippen LogP contribution in [0.3, 0.4) is 0 Å². The maximum absolute atomic E-state index is 12.4. The number of aromatic nitrogens is 5. The van der Waals surface area contributed by atoms with Crippen molar-refractivity contribution in [3.8, 4) is 0 Å². The third-order valence-electron chi connectivity index (χ3n) is 3.43. The SMILES string of the molecule is Cn1nnnc1SCC(=O)NCCN1C(=O)S/C(=C\c2cccnc2)C1=O. The molecule has 0 radical (unpaired) electrons. The van der Waals surface area contributed by atoms with E-state index < -0.39 is 0 Å². The van der Waals surface area contributed by atoms with E-state index in [-0.39, 0.29) is 35.9 Å². The minimum Gasteiger partial charge on any atom is -0.354 e. The van der Waals surface area contributed by atoms with Gasteiger partial charge in [0, 0.05) is 32.5 Å². The fraction of sp³-hybridized carbons (Fsp3) is 0.267. The van der Waals surface area contributed by atoms with Crippen LogP contribution in [0.15, 0.2) is 34.6 Å². The highest BCUT2D eigenvalue weighted by Crippen LogP contribution is 2.31. The Morgan fingerprint density at radius 1 is 1.41 bits per heavy atom. The second-order valence-corrected chi connectivity index (χ2v) is 7.28. The summed E-state index contributed by atoms with van der Waals surface area (Å²) in [5.74, 6) is -0.472. The normalized spacial score (nSPS) is 15.6. The van der Waals surface area contributed by atoms with Gasteiger partial charge in [-0.2, -0.15) is 0 Å². The van der Waals surface area contributed by atoms with Crippen LogP contribution >= 0.6 is 23.5 Å². The molecule has 3 rings (SSSR count). The van der Waals surface area contributed by atoms with Gasteiger partial charge in [0.05, 0.1) is 10.7 Å². The number of thioether (sulfide) groups is 2. The predicted octanol–water partition coefficient (Wildman–Crippen LogP) is 0.550. The average molecular weight is 405 g/mol. The summed E-state index contributed by atoms with van der Waals surface area (Å²) in [6.07, 6.45) is 4.87. The van der Waals surface area contributed by atoms with Crippen molar-refractivity contribution < 1.29 is 14.4 Å². The quantitative estimate of drug-likeness (QED) is 0.519. The highest BCUT2D eigenvalue weighted by atomic mass is 32.2. The van der Waals surface area contributed by atoms with Crippen LogP contribution in [-0.4, -0.2) is 66.0 Å².